The van der Waals surface area contributed by atoms with Crippen molar-refractivity contribution in [3.63, 3.8) is 0 Å². The molecule has 11 nitrogen and oxygen atoms in total. The van der Waals surface area contributed by atoms with Crippen LogP contribution in [-0.2, 0) is 16.1 Å². The van der Waals surface area contributed by atoms with Gasteiger partial charge in [-0.3, -0.25) is 29.2 Å². The number of anilines is 1. The Hall–Kier alpha value is -3.67. The Morgan fingerprint density at radius 1 is 1.10 bits per heavy atom. The lowest BCUT2D eigenvalue weighted by molar-refractivity contribution is -0.130. The molecule has 42 heavy (non-hydrogen) atoms. The number of aryl methyl sites for hydroxylation is 1. The maximum absolute atomic E-state index is 14.1. The molecule has 0 radical (unpaired) electrons. The van der Waals surface area contributed by atoms with E-state index in [1.54, 1.807) is 21.6 Å². The van der Waals surface area contributed by atoms with E-state index in [-0.39, 0.29) is 56.6 Å². The van der Waals surface area contributed by atoms with Crippen LogP contribution >= 0.6 is 23.2 Å². The fourth-order valence-electron chi connectivity index (χ4n) is 5.40. The van der Waals surface area contributed by atoms with Gasteiger partial charge in [0.25, 0.3) is 5.56 Å². The lowest BCUT2D eigenvalue weighted by Crippen LogP contribution is -2.58. The molecule has 2 atom stereocenters. The molecule has 224 valence electrons. The van der Waals surface area contributed by atoms with E-state index in [0.29, 0.717) is 55.1 Å². The maximum atomic E-state index is 14.1. The fraction of sp³-hybridized carbons (Fsp3) is 0.414. The van der Waals surface area contributed by atoms with E-state index in [0.717, 1.165) is 0 Å². The third kappa shape index (κ3) is 6.23. The summed E-state index contributed by atoms with van der Waals surface area (Å²) in [6, 6.07) is 3.42. The number of carbonyl (C=O) groups is 2. The lowest BCUT2D eigenvalue weighted by Gasteiger charge is -2.44. The van der Waals surface area contributed by atoms with Crippen LogP contribution in [0, 0.1) is 0 Å². The smallest absolute Gasteiger partial charge is 0.260 e. The molecule has 2 unspecified atom stereocenters. The standard InChI is InChI=1S/C29H34Cl2N6O5/c1-7-23(39)35-14-16(2)36(17(3)15-35)9-8-10-37-27-19(13-32-29(34-27)33-18(4)38)11-20(28(37)40)24-25(30)21(41-5)12-22(42-6)26(24)31/h7,11-13,16-17H,1,8-10,14-15H2,2-6H3,(H,32,33,34,38). The average molecular weight is 618 g/mol. The Balaban J connectivity index is 1.76. The largest absolute Gasteiger partial charge is 0.495 e. The van der Waals surface area contributed by atoms with Crippen LogP contribution in [0.5, 0.6) is 11.5 Å². The van der Waals surface area contributed by atoms with Crippen LogP contribution in [0.3, 0.4) is 0 Å². The number of rotatable bonds is 9. The molecule has 0 bridgehead atoms. The maximum Gasteiger partial charge on any atom is 0.260 e. The molecule has 0 spiro atoms. The first-order valence-electron chi connectivity index (χ1n) is 13.5. The molecule has 2 aromatic heterocycles. The second kappa shape index (κ2) is 13.1. The molecular formula is C29H34Cl2N6O5. The highest BCUT2D eigenvalue weighted by Crippen LogP contribution is 2.45. The van der Waals surface area contributed by atoms with Gasteiger partial charge in [0.05, 0.1) is 29.8 Å². The predicted octanol–water partition coefficient (Wildman–Crippen LogP) is 4.24. The number of aromatic nitrogens is 3. The molecule has 3 heterocycles. The molecule has 0 aliphatic carbocycles. The number of piperazine rings is 1. The molecule has 0 saturated carbocycles. The van der Waals surface area contributed by atoms with Crippen molar-refractivity contribution in [2.45, 2.75) is 45.8 Å². The fourth-order valence-corrected chi connectivity index (χ4v) is 6.11. The summed E-state index contributed by atoms with van der Waals surface area (Å²) in [5.74, 6) is 0.269. The highest BCUT2D eigenvalue weighted by atomic mass is 35.5. The summed E-state index contributed by atoms with van der Waals surface area (Å²) in [5, 5.41) is 3.45. The molecule has 4 rings (SSSR count). The predicted molar refractivity (Wildman–Crippen MR) is 164 cm³/mol. The van der Waals surface area contributed by atoms with Crippen LogP contribution in [0.15, 0.2) is 35.8 Å². The summed E-state index contributed by atoms with van der Waals surface area (Å²) >= 11 is 13.4. The Bertz CT molecular complexity index is 1550. The van der Waals surface area contributed by atoms with Gasteiger partial charge in [0.2, 0.25) is 17.8 Å². The third-order valence-corrected chi connectivity index (χ3v) is 8.09. The molecule has 1 aliphatic rings. The van der Waals surface area contributed by atoms with Gasteiger partial charge in [-0.05, 0) is 32.4 Å². The molecule has 1 saturated heterocycles. The minimum atomic E-state index is -0.378. The van der Waals surface area contributed by atoms with E-state index >= 15 is 0 Å². The summed E-state index contributed by atoms with van der Waals surface area (Å²) in [7, 11) is 2.92. The number of methoxy groups -OCH3 is 2. The summed E-state index contributed by atoms with van der Waals surface area (Å²) in [6.45, 7) is 11.3. The number of hydrogen-bond donors (Lipinski definition) is 1. The average Bonchev–Trinajstić information content (AvgIpc) is 2.95. The number of pyridine rings is 1. The van der Waals surface area contributed by atoms with Crippen LogP contribution < -0.4 is 20.3 Å². The van der Waals surface area contributed by atoms with Gasteiger partial charge in [-0.2, -0.15) is 4.98 Å². The number of benzene rings is 1. The van der Waals surface area contributed by atoms with Crippen LogP contribution in [-0.4, -0.2) is 82.1 Å². The van der Waals surface area contributed by atoms with Gasteiger partial charge in [-0.25, -0.2) is 4.98 Å². The number of nitrogens with zero attached hydrogens (tertiary/aromatic N) is 5. The number of ether oxygens (including phenoxy) is 2. The second-order valence-electron chi connectivity index (χ2n) is 10.2. The van der Waals surface area contributed by atoms with Gasteiger partial charge in [0, 0.05) is 68.4 Å². The number of hydrogen-bond acceptors (Lipinski definition) is 8. The normalized spacial score (nSPS) is 17.3. The minimum Gasteiger partial charge on any atom is -0.495 e. The van der Waals surface area contributed by atoms with Gasteiger partial charge >= 0.3 is 0 Å². The van der Waals surface area contributed by atoms with Crippen molar-refractivity contribution in [1.82, 2.24) is 24.3 Å². The Kier molecular flexibility index (Phi) is 9.75. The SMILES string of the molecule is C=CC(=O)N1CC(C)N(CCCn2c(=O)c(-c3c(Cl)c(OC)cc(OC)c3Cl)cc3cnc(NC(C)=O)nc32)C(C)C1. The highest BCUT2D eigenvalue weighted by Gasteiger charge is 2.31. The quantitative estimate of drug-likeness (QED) is 0.355. The number of amides is 2. The molecule has 1 N–H and O–H groups in total. The van der Waals surface area contributed by atoms with Crippen molar-refractivity contribution in [1.29, 1.82) is 0 Å². The van der Waals surface area contributed by atoms with Gasteiger partial charge in [0.1, 0.15) is 17.1 Å². The van der Waals surface area contributed by atoms with Gasteiger partial charge in [-0.1, -0.05) is 29.8 Å². The topological polar surface area (TPSA) is 119 Å². The first-order valence-corrected chi connectivity index (χ1v) is 14.2. The molecular weight excluding hydrogens is 583 g/mol. The molecule has 1 fully saturated rings. The van der Waals surface area contributed by atoms with Crippen molar-refractivity contribution in [3.8, 4) is 22.6 Å². The summed E-state index contributed by atoms with van der Waals surface area (Å²) in [4.78, 5) is 50.9. The highest BCUT2D eigenvalue weighted by molar-refractivity contribution is 6.41. The van der Waals surface area contributed by atoms with Crippen LogP contribution in [0.4, 0.5) is 5.95 Å². The number of nitrogens with one attached hydrogen (secondary N) is 1. The zero-order valence-corrected chi connectivity index (χ0v) is 25.8. The minimum absolute atomic E-state index is 0.0793. The number of halogens is 2. The van der Waals surface area contributed by atoms with E-state index in [1.165, 1.54) is 33.4 Å². The van der Waals surface area contributed by atoms with Crippen molar-refractivity contribution in [2.75, 3.05) is 39.2 Å². The first kappa shape index (κ1) is 31.3. The Morgan fingerprint density at radius 3 is 2.26 bits per heavy atom. The number of fused-ring (bicyclic) bond motifs is 1. The van der Waals surface area contributed by atoms with Crippen molar-refractivity contribution >= 4 is 52.0 Å². The van der Waals surface area contributed by atoms with Crippen LogP contribution in [0.25, 0.3) is 22.2 Å². The van der Waals surface area contributed by atoms with Crippen molar-refractivity contribution in [3.05, 3.63) is 51.4 Å². The van der Waals surface area contributed by atoms with Crippen LogP contribution in [0.1, 0.15) is 27.2 Å². The Labute approximate surface area is 254 Å². The molecule has 3 aromatic rings. The molecule has 13 heteroatoms. The van der Waals surface area contributed by atoms with E-state index in [2.05, 4.69) is 40.6 Å². The first-order chi connectivity index (χ1) is 20.0. The van der Waals surface area contributed by atoms with Gasteiger partial charge in [-0.15, -0.1) is 0 Å². The summed E-state index contributed by atoms with van der Waals surface area (Å²) < 4.78 is 12.4. The zero-order chi connectivity index (χ0) is 30.7. The molecule has 2 amide bonds. The van der Waals surface area contributed by atoms with Crippen molar-refractivity contribution in [2.24, 2.45) is 0 Å². The summed E-state index contributed by atoms with van der Waals surface area (Å²) in [6.07, 6.45) is 3.48. The monoisotopic (exact) mass is 616 g/mol. The van der Waals surface area contributed by atoms with E-state index < -0.39 is 0 Å². The zero-order valence-electron chi connectivity index (χ0n) is 24.2. The second-order valence-corrected chi connectivity index (χ2v) is 10.9. The van der Waals surface area contributed by atoms with Gasteiger partial charge in [0.15, 0.2) is 0 Å². The van der Waals surface area contributed by atoms with E-state index in [4.69, 9.17) is 32.7 Å². The lowest BCUT2D eigenvalue weighted by atomic mass is 10.0. The third-order valence-electron chi connectivity index (χ3n) is 7.34. The van der Waals surface area contributed by atoms with Gasteiger partial charge < -0.3 is 14.4 Å². The van der Waals surface area contributed by atoms with E-state index in [1.807, 2.05) is 0 Å². The number of carbonyl (C=O) groups excluding carboxylic acids is 2. The molecule has 1 aromatic carbocycles. The van der Waals surface area contributed by atoms with Crippen molar-refractivity contribution < 1.29 is 19.1 Å². The van der Waals surface area contributed by atoms with E-state index in [9.17, 15) is 14.4 Å². The Morgan fingerprint density at radius 2 is 1.71 bits per heavy atom. The molecule has 1 aliphatic heterocycles. The summed E-state index contributed by atoms with van der Waals surface area (Å²) in [5.41, 5.74) is 0.471. The van der Waals surface area contributed by atoms with Crippen LogP contribution in [0.2, 0.25) is 10.0 Å².